The van der Waals surface area contributed by atoms with Crippen molar-refractivity contribution in [3.8, 4) is 0 Å². The summed E-state index contributed by atoms with van der Waals surface area (Å²) in [5.41, 5.74) is 2.63. The molecule has 0 radical (unpaired) electrons. The molecule has 4 heteroatoms. The summed E-state index contributed by atoms with van der Waals surface area (Å²) in [7, 11) is 0. The second-order valence-corrected chi connectivity index (χ2v) is 9.05. The van der Waals surface area contributed by atoms with Gasteiger partial charge in [0.05, 0.1) is 10.8 Å². The van der Waals surface area contributed by atoms with Crippen molar-refractivity contribution < 1.29 is 19.8 Å². The highest BCUT2D eigenvalue weighted by atomic mass is 16.4. The molecule has 0 aliphatic heterocycles. The maximum atomic E-state index is 11.1. The third-order valence-electron chi connectivity index (χ3n) is 5.58. The van der Waals surface area contributed by atoms with Crippen LogP contribution in [0.4, 0.5) is 0 Å². The summed E-state index contributed by atoms with van der Waals surface area (Å²) in [5, 5.41) is 18.3. The van der Waals surface area contributed by atoms with Crippen molar-refractivity contribution in [2.24, 2.45) is 10.8 Å². The van der Waals surface area contributed by atoms with Crippen molar-refractivity contribution in [1.82, 2.24) is 0 Å². The van der Waals surface area contributed by atoms with Crippen molar-refractivity contribution >= 4 is 11.9 Å². The van der Waals surface area contributed by atoms with Gasteiger partial charge in [-0.05, 0) is 89.8 Å². The summed E-state index contributed by atoms with van der Waals surface area (Å²) in [6.07, 6.45) is 7.19. The quantitative estimate of drug-likeness (QED) is 0.463. The van der Waals surface area contributed by atoms with Gasteiger partial charge in [0.2, 0.25) is 0 Å². The first-order chi connectivity index (χ1) is 12.5. The van der Waals surface area contributed by atoms with E-state index in [1.165, 1.54) is 16.7 Å². The normalized spacial score (nSPS) is 12.2. The molecular formula is C23H36O4. The average Bonchev–Trinajstić information content (AvgIpc) is 2.56. The number of carboxylic acids is 2. The molecule has 0 spiro atoms. The highest BCUT2D eigenvalue weighted by molar-refractivity contribution is 5.73. The molecule has 0 heterocycles. The molecule has 0 atom stereocenters. The van der Waals surface area contributed by atoms with Crippen molar-refractivity contribution in [2.45, 2.75) is 86.0 Å². The molecule has 0 aromatic heterocycles. The van der Waals surface area contributed by atoms with Gasteiger partial charge in [-0.15, -0.1) is 0 Å². The second-order valence-electron chi connectivity index (χ2n) is 9.05. The Kier molecular flexibility index (Phi) is 8.52. The zero-order valence-corrected chi connectivity index (χ0v) is 17.6. The molecule has 0 aliphatic rings. The summed E-state index contributed by atoms with van der Waals surface area (Å²) >= 11 is 0. The molecule has 152 valence electrons. The van der Waals surface area contributed by atoms with E-state index in [0.717, 1.165) is 38.5 Å². The van der Waals surface area contributed by atoms with E-state index < -0.39 is 22.8 Å². The number of carbonyl (C=O) groups is 2. The Morgan fingerprint density at radius 2 is 1.30 bits per heavy atom. The van der Waals surface area contributed by atoms with E-state index >= 15 is 0 Å². The number of hydrogen-bond donors (Lipinski definition) is 2. The Bertz CT molecular complexity index is 644. The number of unbranched alkanes of at least 4 members (excludes halogenated alkanes) is 2. The van der Waals surface area contributed by atoms with Crippen LogP contribution in [-0.4, -0.2) is 22.2 Å². The summed E-state index contributed by atoms with van der Waals surface area (Å²) in [6.45, 7) is 9.27. The van der Waals surface area contributed by atoms with Crippen LogP contribution in [0.15, 0.2) is 18.2 Å². The Labute approximate surface area is 164 Å². The summed E-state index contributed by atoms with van der Waals surface area (Å²) in [5.74, 6) is -1.45. The number of rotatable bonds is 12. The minimum atomic E-state index is -0.727. The monoisotopic (exact) mass is 376 g/mol. The van der Waals surface area contributed by atoms with Gasteiger partial charge in [0, 0.05) is 0 Å². The maximum absolute atomic E-state index is 11.1. The lowest BCUT2D eigenvalue weighted by molar-refractivity contribution is -0.148. The Morgan fingerprint density at radius 3 is 1.74 bits per heavy atom. The van der Waals surface area contributed by atoms with Gasteiger partial charge in [0.1, 0.15) is 0 Å². The number of carboxylic acid groups (broad SMARTS) is 2. The minimum absolute atomic E-state index is 0.644. The molecule has 1 aromatic rings. The van der Waals surface area contributed by atoms with Gasteiger partial charge in [-0.25, -0.2) is 0 Å². The van der Waals surface area contributed by atoms with Gasteiger partial charge in [0.15, 0.2) is 0 Å². The fourth-order valence-corrected chi connectivity index (χ4v) is 3.19. The average molecular weight is 377 g/mol. The van der Waals surface area contributed by atoms with Crippen LogP contribution in [0.2, 0.25) is 0 Å². The fraction of sp³-hybridized carbons (Fsp3) is 0.652. The third kappa shape index (κ3) is 7.74. The van der Waals surface area contributed by atoms with Gasteiger partial charge in [-0.2, -0.15) is 0 Å². The predicted molar refractivity (Wildman–Crippen MR) is 109 cm³/mol. The molecule has 0 saturated carbocycles. The highest BCUT2D eigenvalue weighted by Gasteiger charge is 2.26. The van der Waals surface area contributed by atoms with Crippen LogP contribution < -0.4 is 0 Å². The molecule has 4 nitrogen and oxygen atoms in total. The van der Waals surface area contributed by atoms with Crippen LogP contribution in [0, 0.1) is 17.8 Å². The number of hydrogen-bond acceptors (Lipinski definition) is 2. The van der Waals surface area contributed by atoms with Crippen molar-refractivity contribution in [1.29, 1.82) is 0 Å². The van der Waals surface area contributed by atoms with E-state index in [-0.39, 0.29) is 0 Å². The minimum Gasteiger partial charge on any atom is -0.481 e. The van der Waals surface area contributed by atoms with Crippen molar-refractivity contribution in [2.75, 3.05) is 0 Å². The largest absolute Gasteiger partial charge is 0.481 e. The van der Waals surface area contributed by atoms with Gasteiger partial charge >= 0.3 is 11.9 Å². The first-order valence-electron chi connectivity index (χ1n) is 10.0. The smallest absolute Gasteiger partial charge is 0.309 e. The lowest BCUT2D eigenvalue weighted by atomic mass is 9.86. The molecule has 1 rings (SSSR count). The predicted octanol–water partition coefficient (Wildman–Crippen LogP) is 5.64. The van der Waals surface area contributed by atoms with E-state index in [1.807, 2.05) is 0 Å². The summed E-state index contributed by atoms with van der Waals surface area (Å²) in [4.78, 5) is 22.3. The van der Waals surface area contributed by atoms with Crippen molar-refractivity contribution in [3.63, 3.8) is 0 Å². The summed E-state index contributed by atoms with van der Waals surface area (Å²) < 4.78 is 0. The molecule has 0 unspecified atom stereocenters. The molecule has 2 N–H and O–H groups in total. The molecule has 0 fully saturated rings. The molecule has 0 saturated heterocycles. The van der Waals surface area contributed by atoms with E-state index in [1.54, 1.807) is 27.7 Å². The summed E-state index contributed by atoms with van der Waals surface area (Å²) in [6, 6.07) is 6.60. The van der Waals surface area contributed by atoms with E-state index in [9.17, 15) is 9.59 Å². The molecule has 0 bridgehead atoms. The lowest BCUT2D eigenvalue weighted by Crippen LogP contribution is -2.23. The molecule has 27 heavy (non-hydrogen) atoms. The number of aliphatic carboxylic acids is 2. The van der Waals surface area contributed by atoms with Gasteiger partial charge < -0.3 is 10.2 Å². The van der Waals surface area contributed by atoms with E-state index in [0.29, 0.717) is 12.8 Å². The van der Waals surface area contributed by atoms with Crippen LogP contribution in [0.25, 0.3) is 0 Å². The molecule has 0 amide bonds. The Hall–Kier alpha value is -1.84. The standard InChI is InChI=1S/C23H36O4/c1-17-16-18(10-6-8-14-22(2,3)20(24)25)12-13-19(17)11-7-9-15-23(4,5)21(26)27/h12-13,16H,6-11,14-15H2,1-5H3,(H,24,25)(H,26,27). The topological polar surface area (TPSA) is 74.6 Å². The first kappa shape index (κ1) is 23.2. The van der Waals surface area contributed by atoms with E-state index in [2.05, 4.69) is 25.1 Å². The van der Waals surface area contributed by atoms with Crippen LogP contribution in [0.3, 0.4) is 0 Å². The SMILES string of the molecule is Cc1cc(CCCCC(C)(C)C(=O)O)ccc1CCCCC(C)(C)C(=O)O. The maximum Gasteiger partial charge on any atom is 0.309 e. The van der Waals surface area contributed by atoms with Crippen LogP contribution in [0.5, 0.6) is 0 Å². The van der Waals surface area contributed by atoms with E-state index in [4.69, 9.17) is 10.2 Å². The molecule has 1 aromatic carbocycles. The Balaban J connectivity index is 2.41. The zero-order valence-electron chi connectivity index (χ0n) is 17.6. The van der Waals surface area contributed by atoms with Crippen LogP contribution >= 0.6 is 0 Å². The molecule has 0 aliphatic carbocycles. The third-order valence-corrected chi connectivity index (χ3v) is 5.58. The van der Waals surface area contributed by atoms with Gasteiger partial charge in [0.25, 0.3) is 0 Å². The fourth-order valence-electron chi connectivity index (χ4n) is 3.19. The van der Waals surface area contributed by atoms with Gasteiger partial charge in [-0.1, -0.05) is 31.0 Å². The lowest BCUT2D eigenvalue weighted by Gasteiger charge is -2.19. The van der Waals surface area contributed by atoms with Crippen molar-refractivity contribution in [3.05, 3.63) is 34.9 Å². The van der Waals surface area contributed by atoms with Gasteiger partial charge in [-0.3, -0.25) is 9.59 Å². The molecular weight excluding hydrogens is 340 g/mol. The number of benzene rings is 1. The first-order valence-corrected chi connectivity index (χ1v) is 10.0. The highest BCUT2D eigenvalue weighted by Crippen LogP contribution is 2.26. The number of aryl methyl sites for hydroxylation is 3. The van der Waals surface area contributed by atoms with Crippen LogP contribution in [0.1, 0.15) is 82.9 Å². The van der Waals surface area contributed by atoms with Crippen LogP contribution in [-0.2, 0) is 22.4 Å². The Morgan fingerprint density at radius 1 is 0.815 bits per heavy atom. The second kappa shape index (κ2) is 9.91. The zero-order chi connectivity index (χ0) is 20.7.